The van der Waals surface area contributed by atoms with E-state index in [1.807, 2.05) is 25.1 Å². The van der Waals surface area contributed by atoms with Gasteiger partial charge in [-0.05, 0) is 43.7 Å². The zero-order valence-corrected chi connectivity index (χ0v) is 19.1. The Morgan fingerprint density at radius 1 is 1.17 bits per heavy atom. The van der Waals surface area contributed by atoms with Crippen molar-refractivity contribution in [3.8, 4) is 0 Å². The number of hydrogen-bond acceptors (Lipinski definition) is 4. The van der Waals surface area contributed by atoms with Crippen LogP contribution in [0.3, 0.4) is 0 Å². The average molecular weight is 509 g/mol. The Balaban J connectivity index is 0.00000240. The highest BCUT2D eigenvalue weighted by molar-refractivity contribution is 14.0. The third-order valence-corrected chi connectivity index (χ3v) is 6.02. The molecule has 0 spiro atoms. The molecule has 4 rings (SSSR count). The molecule has 4 atom stereocenters. The topological polar surface area (TPSA) is 86.7 Å². The fraction of sp³-hybridized carbons (Fsp3) is 0.524. The number of fused-ring (bicyclic) bond motifs is 5. The molecule has 1 aromatic rings. The number of nitrogens with one attached hydrogen (secondary N) is 2. The van der Waals surface area contributed by atoms with E-state index in [4.69, 9.17) is 0 Å². The Kier molecular flexibility index (Phi) is 6.92. The lowest BCUT2D eigenvalue weighted by atomic mass is 9.85. The molecular formula is C21H28IN5O2. The molecule has 2 heterocycles. The molecule has 2 bridgehead atoms. The Hall–Kier alpha value is -1.97. The van der Waals surface area contributed by atoms with E-state index < -0.39 is 0 Å². The minimum Gasteiger partial charge on any atom is -0.356 e. The molecule has 2 fully saturated rings. The SMILES string of the molecule is CN=C(NCCCN1C(=O)C2C3C=CC(C3)C2C1=O)NCc1cccc(C)n1.I. The van der Waals surface area contributed by atoms with E-state index in [0.29, 0.717) is 32.0 Å². The largest absolute Gasteiger partial charge is 0.356 e. The highest BCUT2D eigenvalue weighted by Gasteiger charge is 2.58. The highest BCUT2D eigenvalue weighted by Crippen LogP contribution is 2.52. The van der Waals surface area contributed by atoms with Crippen molar-refractivity contribution in [2.45, 2.75) is 26.3 Å². The molecule has 1 aliphatic heterocycles. The number of carbonyl (C=O) groups excluding carboxylic acids is 2. The predicted octanol–water partition coefficient (Wildman–Crippen LogP) is 1.87. The van der Waals surface area contributed by atoms with Gasteiger partial charge < -0.3 is 10.6 Å². The number of halogens is 1. The molecule has 1 aromatic heterocycles. The van der Waals surface area contributed by atoms with Gasteiger partial charge in [-0.2, -0.15) is 0 Å². The Labute approximate surface area is 188 Å². The number of imide groups is 1. The highest BCUT2D eigenvalue weighted by atomic mass is 127. The van der Waals surface area contributed by atoms with E-state index in [2.05, 4.69) is 32.8 Å². The summed E-state index contributed by atoms with van der Waals surface area (Å²) in [5.74, 6) is 1.07. The molecule has 7 nitrogen and oxygen atoms in total. The van der Waals surface area contributed by atoms with Gasteiger partial charge in [0.25, 0.3) is 0 Å². The number of allylic oxidation sites excluding steroid dienone is 2. The van der Waals surface area contributed by atoms with Gasteiger partial charge in [-0.15, -0.1) is 24.0 Å². The van der Waals surface area contributed by atoms with Gasteiger partial charge in [0.1, 0.15) is 0 Å². The normalized spacial score (nSPS) is 27.2. The van der Waals surface area contributed by atoms with Gasteiger partial charge in [-0.3, -0.25) is 24.5 Å². The lowest BCUT2D eigenvalue weighted by Crippen LogP contribution is -2.39. The van der Waals surface area contributed by atoms with Crippen molar-refractivity contribution in [1.29, 1.82) is 0 Å². The third kappa shape index (κ3) is 4.31. The minimum absolute atomic E-state index is 0. The monoisotopic (exact) mass is 509 g/mol. The first-order chi connectivity index (χ1) is 13.6. The number of likely N-dealkylation sites (tertiary alicyclic amines) is 1. The summed E-state index contributed by atoms with van der Waals surface area (Å²) in [6, 6.07) is 5.92. The van der Waals surface area contributed by atoms with Crippen LogP contribution < -0.4 is 10.6 Å². The van der Waals surface area contributed by atoms with Crippen molar-refractivity contribution < 1.29 is 9.59 Å². The fourth-order valence-electron chi connectivity index (χ4n) is 4.72. The summed E-state index contributed by atoms with van der Waals surface area (Å²) in [6.07, 6.45) is 5.92. The van der Waals surface area contributed by atoms with Gasteiger partial charge in [-0.25, -0.2) is 0 Å². The van der Waals surface area contributed by atoms with Gasteiger partial charge in [-0.1, -0.05) is 18.2 Å². The summed E-state index contributed by atoms with van der Waals surface area (Å²) in [6.45, 7) is 3.66. The van der Waals surface area contributed by atoms with Crippen molar-refractivity contribution in [3.05, 3.63) is 41.7 Å². The summed E-state index contributed by atoms with van der Waals surface area (Å²) in [5.41, 5.74) is 1.93. The zero-order chi connectivity index (χ0) is 19.7. The van der Waals surface area contributed by atoms with E-state index in [0.717, 1.165) is 17.8 Å². The van der Waals surface area contributed by atoms with E-state index >= 15 is 0 Å². The molecule has 156 valence electrons. The number of amides is 2. The number of aliphatic imine (C=N–C) groups is 1. The first-order valence-electron chi connectivity index (χ1n) is 9.99. The van der Waals surface area contributed by atoms with Crippen LogP contribution in [0.25, 0.3) is 0 Å². The van der Waals surface area contributed by atoms with Crippen LogP contribution >= 0.6 is 24.0 Å². The summed E-state index contributed by atoms with van der Waals surface area (Å²) < 4.78 is 0. The molecule has 29 heavy (non-hydrogen) atoms. The number of pyridine rings is 1. The van der Waals surface area contributed by atoms with Crippen LogP contribution in [0.1, 0.15) is 24.2 Å². The second-order valence-electron chi connectivity index (χ2n) is 7.80. The maximum atomic E-state index is 12.7. The number of carbonyl (C=O) groups is 2. The number of aryl methyl sites for hydroxylation is 1. The smallest absolute Gasteiger partial charge is 0.233 e. The minimum atomic E-state index is -0.105. The molecule has 0 aromatic carbocycles. The summed E-state index contributed by atoms with van der Waals surface area (Å²) >= 11 is 0. The van der Waals surface area contributed by atoms with Gasteiger partial charge in [0, 0.05) is 25.8 Å². The third-order valence-electron chi connectivity index (χ3n) is 6.02. The molecule has 1 saturated heterocycles. The summed E-state index contributed by atoms with van der Waals surface area (Å²) in [7, 11) is 1.72. The van der Waals surface area contributed by atoms with Crippen LogP contribution in [0.4, 0.5) is 0 Å². The lowest BCUT2D eigenvalue weighted by molar-refractivity contribution is -0.140. The van der Waals surface area contributed by atoms with E-state index in [1.54, 1.807) is 7.05 Å². The van der Waals surface area contributed by atoms with Gasteiger partial charge in [0.2, 0.25) is 11.8 Å². The van der Waals surface area contributed by atoms with Gasteiger partial charge in [0.05, 0.1) is 24.1 Å². The van der Waals surface area contributed by atoms with Crippen molar-refractivity contribution in [3.63, 3.8) is 0 Å². The van der Waals surface area contributed by atoms with Gasteiger partial charge in [0.15, 0.2) is 5.96 Å². The van der Waals surface area contributed by atoms with E-state index in [-0.39, 0.29) is 59.5 Å². The average Bonchev–Trinajstić information content (AvgIpc) is 3.36. The number of guanidine groups is 1. The molecule has 4 unspecified atom stereocenters. The zero-order valence-electron chi connectivity index (χ0n) is 16.8. The molecule has 3 aliphatic rings. The predicted molar refractivity (Wildman–Crippen MR) is 122 cm³/mol. The number of hydrogen-bond donors (Lipinski definition) is 2. The number of aromatic nitrogens is 1. The number of nitrogens with zero attached hydrogens (tertiary/aromatic N) is 3. The molecule has 0 radical (unpaired) electrons. The quantitative estimate of drug-likeness (QED) is 0.153. The van der Waals surface area contributed by atoms with Crippen LogP contribution in [-0.4, -0.2) is 47.8 Å². The molecule has 8 heteroatoms. The summed E-state index contributed by atoms with van der Waals surface area (Å²) in [4.78, 5) is 35.5. The molecule has 2 amide bonds. The molecule has 2 aliphatic carbocycles. The molecule has 2 N–H and O–H groups in total. The van der Waals surface area contributed by atoms with E-state index in [1.165, 1.54) is 4.90 Å². The van der Waals surface area contributed by atoms with Crippen LogP contribution in [0.5, 0.6) is 0 Å². The fourth-order valence-corrected chi connectivity index (χ4v) is 4.72. The van der Waals surface area contributed by atoms with Crippen LogP contribution in [0, 0.1) is 30.6 Å². The summed E-state index contributed by atoms with van der Waals surface area (Å²) in [5, 5.41) is 6.47. The second-order valence-corrected chi connectivity index (χ2v) is 7.80. The standard InChI is InChI=1S/C21H27N5O2.HI/c1-13-5-3-6-16(25-13)12-24-21(22-2)23-9-4-10-26-19(27)17-14-7-8-15(11-14)18(17)20(26)28;/h3,5-8,14-15,17-18H,4,9-12H2,1-2H3,(H2,22,23,24);1H. The maximum Gasteiger partial charge on any atom is 0.233 e. The van der Waals surface area contributed by atoms with Crippen molar-refractivity contribution in [2.75, 3.05) is 20.1 Å². The second kappa shape index (κ2) is 9.23. The van der Waals surface area contributed by atoms with Crippen LogP contribution in [-0.2, 0) is 16.1 Å². The Morgan fingerprint density at radius 2 is 1.86 bits per heavy atom. The first kappa shape index (κ1) is 21.7. The van der Waals surface area contributed by atoms with Gasteiger partial charge >= 0.3 is 0 Å². The molecule has 1 saturated carbocycles. The maximum absolute atomic E-state index is 12.7. The van der Waals surface area contributed by atoms with Crippen LogP contribution in [0.2, 0.25) is 0 Å². The first-order valence-corrected chi connectivity index (χ1v) is 9.99. The van der Waals surface area contributed by atoms with E-state index in [9.17, 15) is 9.59 Å². The molecular weight excluding hydrogens is 481 g/mol. The number of rotatable bonds is 6. The Morgan fingerprint density at radius 3 is 2.48 bits per heavy atom. The Bertz CT molecular complexity index is 810. The van der Waals surface area contributed by atoms with Crippen molar-refractivity contribution in [1.82, 2.24) is 20.5 Å². The van der Waals surface area contributed by atoms with Crippen LogP contribution in [0.15, 0.2) is 35.3 Å². The van der Waals surface area contributed by atoms with Crippen molar-refractivity contribution in [2.24, 2.45) is 28.7 Å². The van der Waals surface area contributed by atoms with Crippen molar-refractivity contribution >= 4 is 41.8 Å². The lowest BCUT2D eigenvalue weighted by Gasteiger charge is -2.18.